The molecule has 2 aromatic carbocycles. The molecule has 3 rings (SSSR count). The van der Waals surface area contributed by atoms with Crippen molar-refractivity contribution < 1.29 is 9.53 Å². The molecule has 0 radical (unpaired) electrons. The molecule has 4 nitrogen and oxygen atoms in total. The predicted molar refractivity (Wildman–Crippen MR) is 104 cm³/mol. The highest BCUT2D eigenvalue weighted by Gasteiger charge is 2.21. The number of anilines is 1. The number of ether oxygens (including phenoxy) is 1. The van der Waals surface area contributed by atoms with Crippen LogP contribution in [-0.4, -0.2) is 49.8 Å². The van der Waals surface area contributed by atoms with E-state index in [0.717, 1.165) is 36.8 Å². The molecule has 0 spiro atoms. The third-order valence-electron chi connectivity index (χ3n) is 4.51. The summed E-state index contributed by atoms with van der Waals surface area (Å²) in [6, 6.07) is 16.3. The van der Waals surface area contributed by atoms with Crippen molar-refractivity contribution in [2.45, 2.75) is 11.8 Å². The fraction of sp³-hybridized carbons (Fsp3) is 0.350. The van der Waals surface area contributed by atoms with Crippen LogP contribution >= 0.6 is 11.8 Å². The van der Waals surface area contributed by atoms with Crippen molar-refractivity contribution in [2.75, 3.05) is 43.9 Å². The maximum atomic E-state index is 12.5. The molecule has 0 unspecified atom stereocenters. The molecular weight excluding hydrogens is 332 g/mol. The third kappa shape index (κ3) is 4.48. The molecule has 1 saturated heterocycles. The van der Waals surface area contributed by atoms with Crippen LogP contribution in [0, 0.1) is 6.92 Å². The SMILES string of the molecule is COc1ccc(SCC(=O)N2CCN(c3ccccc3C)CC2)cc1. The molecule has 0 atom stereocenters. The van der Waals surface area contributed by atoms with Crippen LogP contribution < -0.4 is 9.64 Å². The van der Waals surface area contributed by atoms with Gasteiger partial charge in [0.15, 0.2) is 0 Å². The van der Waals surface area contributed by atoms with Crippen LogP contribution in [0.2, 0.25) is 0 Å². The topological polar surface area (TPSA) is 32.8 Å². The molecule has 1 aliphatic rings. The Morgan fingerprint density at radius 3 is 2.36 bits per heavy atom. The van der Waals surface area contributed by atoms with Gasteiger partial charge >= 0.3 is 0 Å². The Morgan fingerprint density at radius 1 is 1.04 bits per heavy atom. The number of methoxy groups -OCH3 is 1. The zero-order chi connectivity index (χ0) is 17.6. The van der Waals surface area contributed by atoms with Gasteiger partial charge in [-0.05, 0) is 42.8 Å². The van der Waals surface area contributed by atoms with Crippen molar-refractivity contribution in [2.24, 2.45) is 0 Å². The molecule has 0 bridgehead atoms. The van der Waals surface area contributed by atoms with Gasteiger partial charge < -0.3 is 14.5 Å². The lowest BCUT2D eigenvalue weighted by Gasteiger charge is -2.36. The Kier molecular flexibility index (Phi) is 5.87. The van der Waals surface area contributed by atoms with E-state index in [9.17, 15) is 4.79 Å². The third-order valence-corrected chi connectivity index (χ3v) is 5.51. The van der Waals surface area contributed by atoms with E-state index in [0.29, 0.717) is 5.75 Å². The number of hydrogen-bond acceptors (Lipinski definition) is 4. The molecule has 0 aliphatic carbocycles. The van der Waals surface area contributed by atoms with Crippen molar-refractivity contribution in [1.82, 2.24) is 4.90 Å². The van der Waals surface area contributed by atoms with Gasteiger partial charge in [0.1, 0.15) is 5.75 Å². The van der Waals surface area contributed by atoms with Crippen molar-refractivity contribution in [3.63, 3.8) is 0 Å². The van der Waals surface area contributed by atoms with E-state index in [4.69, 9.17) is 4.74 Å². The minimum atomic E-state index is 0.213. The summed E-state index contributed by atoms with van der Waals surface area (Å²) in [7, 11) is 1.66. The summed E-state index contributed by atoms with van der Waals surface area (Å²) in [6.07, 6.45) is 0. The van der Waals surface area contributed by atoms with Crippen molar-refractivity contribution >= 4 is 23.4 Å². The summed E-state index contributed by atoms with van der Waals surface area (Å²) in [4.78, 5) is 17.9. The van der Waals surface area contributed by atoms with Gasteiger partial charge in [0.05, 0.1) is 12.9 Å². The number of hydrogen-bond donors (Lipinski definition) is 0. The Bertz CT molecular complexity index is 710. The number of carbonyl (C=O) groups excluding carboxylic acids is 1. The summed E-state index contributed by atoms with van der Waals surface area (Å²) in [5, 5.41) is 0. The van der Waals surface area contributed by atoms with Crippen LogP contribution in [-0.2, 0) is 4.79 Å². The van der Waals surface area contributed by atoms with E-state index in [1.54, 1.807) is 18.9 Å². The molecule has 1 aliphatic heterocycles. The standard InChI is InChI=1S/C20H24N2O2S/c1-16-5-3-4-6-19(16)21-11-13-22(14-12-21)20(23)15-25-18-9-7-17(24-2)8-10-18/h3-10H,11-15H2,1-2H3. The number of thioether (sulfide) groups is 1. The first-order valence-electron chi connectivity index (χ1n) is 8.52. The van der Waals surface area contributed by atoms with Crippen LogP contribution in [0.4, 0.5) is 5.69 Å². The zero-order valence-corrected chi connectivity index (χ0v) is 15.6. The number of carbonyl (C=O) groups is 1. The van der Waals surface area contributed by atoms with Gasteiger partial charge in [-0.15, -0.1) is 11.8 Å². The average Bonchev–Trinajstić information content (AvgIpc) is 2.67. The largest absolute Gasteiger partial charge is 0.497 e. The zero-order valence-electron chi connectivity index (χ0n) is 14.8. The van der Waals surface area contributed by atoms with E-state index < -0.39 is 0 Å². The Balaban J connectivity index is 1.49. The Hall–Kier alpha value is -2.14. The summed E-state index contributed by atoms with van der Waals surface area (Å²) < 4.78 is 5.16. The van der Waals surface area contributed by atoms with E-state index in [2.05, 4.69) is 36.1 Å². The second kappa shape index (κ2) is 8.30. The number of nitrogens with zero attached hydrogens (tertiary/aromatic N) is 2. The first kappa shape index (κ1) is 17.7. The van der Waals surface area contributed by atoms with Crippen molar-refractivity contribution in [3.8, 4) is 5.75 Å². The second-order valence-corrected chi connectivity index (χ2v) is 7.17. The normalized spacial score (nSPS) is 14.5. The maximum absolute atomic E-state index is 12.5. The minimum absolute atomic E-state index is 0.213. The average molecular weight is 356 g/mol. The number of aryl methyl sites for hydroxylation is 1. The van der Waals surface area contributed by atoms with Gasteiger partial charge in [-0.2, -0.15) is 0 Å². The first-order valence-corrected chi connectivity index (χ1v) is 9.51. The van der Waals surface area contributed by atoms with E-state index in [1.165, 1.54) is 11.3 Å². The quantitative estimate of drug-likeness (QED) is 0.769. The van der Waals surface area contributed by atoms with E-state index in [-0.39, 0.29) is 5.91 Å². The van der Waals surface area contributed by atoms with Gasteiger partial charge in [0, 0.05) is 36.8 Å². The number of amides is 1. The number of piperazine rings is 1. The van der Waals surface area contributed by atoms with Gasteiger partial charge in [0.25, 0.3) is 0 Å². The lowest BCUT2D eigenvalue weighted by atomic mass is 10.1. The van der Waals surface area contributed by atoms with Gasteiger partial charge in [-0.25, -0.2) is 0 Å². The summed E-state index contributed by atoms with van der Waals surface area (Å²) in [5.74, 6) is 1.53. The highest BCUT2D eigenvalue weighted by molar-refractivity contribution is 8.00. The lowest BCUT2D eigenvalue weighted by molar-refractivity contribution is -0.128. The molecule has 5 heteroatoms. The molecule has 0 N–H and O–H groups in total. The number of benzene rings is 2. The van der Waals surface area contributed by atoms with Crippen LogP contribution in [0.15, 0.2) is 53.4 Å². The monoisotopic (exact) mass is 356 g/mol. The molecule has 132 valence electrons. The van der Waals surface area contributed by atoms with Crippen molar-refractivity contribution in [1.29, 1.82) is 0 Å². The molecule has 1 amide bonds. The molecule has 1 fully saturated rings. The Labute approximate surface area is 153 Å². The highest BCUT2D eigenvalue weighted by atomic mass is 32.2. The van der Waals surface area contributed by atoms with E-state index >= 15 is 0 Å². The lowest BCUT2D eigenvalue weighted by Crippen LogP contribution is -2.49. The summed E-state index contributed by atoms with van der Waals surface area (Å²) in [6.45, 7) is 5.50. The van der Waals surface area contributed by atoms with Crippen LogP contribution in [0.3, 0.4) is 0 Å². The molecular formula is C20H24N2O2S. The van der Waals surface area contributed by atoms with Gasteiger partial charge in [-0.3, -0.25) is 4.79 Å². The minimum Gasteiger partial charge on any atom is -0.497 e. The van der Waals surface area contributed by atoms with Gasteiger partial charge in [0.2, 0.25) is 5.91 Å². The van der Waals surface area contributed by atoms with Crippen LogP contribution in [0.25, 0.3) is 0 Å². The predicted octanol–water partition coefficient (Wildman–Crippen LogP) is 3.44. The molecule has 0 saturated carbocycles. The van der Waals surface area contributed by atoms with Crippen LogP contribution in [0.5, 0.6) is 5.75 Å². The maximum Gasteiger partial charge on any atom is 0.233 e. The molecule has 2 aromatic rings. The summed E-state index contributed by atoms with van der Waals surface area (Å²) in [5.41, 5.74) is 2.57. The number of rotatable bonds is 5. The van der Waals surface area contributed by atoms with Crippen LogP contribution in [0.1, 0.15) is 5.56 Å². The van der Waals surface area contributed by atoms with Crippen molar-refractivity contribution in [3.05, 3.63) is 54.1 Å². The second-order valence-electron chi connectivity index (χ2n) is 6.12. The number of para-hydroxylation sites is 1. The first-order chi connectivity index (χ1) is 12.2. The molecule has 25 heavy (non-hydrogen) atoms. The highest BCUT2D eigenvalue weighted by Crippen LogP contribution is 2.23. The summed E-state index contributed by atoms with van der Waals surface area (Å²) >= 11 is 1.58. The fourth-order valence-corrected chi connectivity index (χ4v) is 3.82. The molecule has 0 aromatic heterocycles. The fourth-order valence-electron chi connectivity index (χ4n) is 3.02. The Morgan fingerprint density at radius 2 is 1.72 bits per heavy atom. The van der Waals surface area contributed by atoms with Gasteiger partial charge in [-0.1, -0.05) is 18.2 Å². The smallest absolute Gasteiger partial charge is 0.233 e. The van der Waals surface area contributed by atoms with E-state index in [1.807, 2.05) is 29.2 Å². The molecule has 1 heterocycles.